The van der Waals surface area contributed by atoms with Crippen molar-refractivity contribution in [2.24, 2.45) is 5.10 Å². The summed E-state index contributed by atoms with van der Waals surface area (Å²) in [5.41, 5.74) is 3.90. The molecule has 134 valence electrons. The van der Waals surface area contributed by atoms with E-state index in [0.717, 1.165) is 5.56 Å². The van der Waals surface area contributed by atoms with Crippen LogP contribution in [0, 0.1) is 6.92 Å². The van der Waals surface area contributed by atoms with E-state index in [4.69, 9.17) is 4.52 Å². The zero-order chi connectivity index (χ0) is 18.1. The molecule has 2 atom stereocenters. The van der Waals surface area contributed by atoms with Crippen LogP contribution in [-0.2, 0) is 9.59 Å². The molecule has 0 aliphatic carbocycles. The van der Waals surface area contributed by atoms with Gasteiger partial charge in [-0.05, 0) is 12.5 Å². The van der Waals surface area contributed by atoms with Crippen molar-refractivity contribution < 1.29 is 14.1 Å². The minimum Gasteiger partial charge on any atom is -0.339 e. The van der Waals surface area contributed by atoms with Crippen LogP contribution in [0.1, 0.15) is 42.0 Å². The van der Waals surface area contributed by atoms with Gasteiger partial charge in [-0.15, -0.1) is 0 Å². The largest absolute Gasteiger partial charge is 0.339 e. The second-order valence-electron chi connectivity index (χ2n) is 6.61. The molecule has 8 heteroatoms. The third kappa shape index (κ3) is 3.10. The van der Waals surface area contributed by atoms with Crippen LogP contribution in [0.25, 0.3) is 0 Å². The van der Waals surface area contributed by atoms with Crippen LogP contribution in [0.3, 0.4) is 0 Å². The number of nitrogens with zero attached hydrogens (tertiary/aromatic N) is 4. The van der Waals surface area contributed by atoms with E-state index < -0.39 is 0 Å². The Labute approximate surface area is 150 Å². The number of hydrazone groups is 1. The van der Waals surface area contributed by atoms with Gasteiger partial charge >= 0.3 is 0 Å². The number of likely N-dealkylation sites (tertiary alicyclic amines) is 1. The number of rotatable bonds is 3. The van der Waals surface area contributed by atoms with Crippen molar-refractivity contribution in [3.8, 4) is 0 Å². The highest BCUT2D eigenvalue weighted by Crippen LogP contribution is 2.39. The molecule has 2 aromatic rings. The number of carbonyl (C=O) groups excluding carboxylic acids is 2. The fraction of sp³-hybridized carbons (Fsp3) is 0.389. The van der Waals surface area contributed by atoms with Gasteiger partial charge in [0.1, 0.15) is 5.71 Å². The number of aryl methyl sites for hydroxylation is 1. The summed E-state index contributed by atoms with van der Waals surface area (Å²) >= 11 is 0. The van der Waals surface area contributed by atoms with Crippen LogP contribution >= 0.6 is 0 Å². The molecule has 1 aromatic heterocycles. The lowest BCUT2D eigenvalue weighted by Crippen LogP contribution is -2.39. The Morgan fingerprint density at radius 3 is 2.62 bits per heavy atom. The van der Waals surface area contributed by atoms with Gasteiger partial charge in [-0.1, -0.05) is 35.5 Å². The van der Waals surface area contributed by atoms with Gasteiger partial charge in [0.05, 0.1) is 5.92 Å². The van der Waals surface area contributed by atoms with E-state index in [9.17, 15) is 9.59 Å². The van der Waals surface area contributed by atoms with Gasteiger partial charge in [0.15, 0.2) is 5.82 Å². The first-order chi connectivity index (χ1) is 12.6. The molecule has 1 aromatic carbocycles. The summed E-state index contributed by atoms with van der Waals surface area (Å²) in [6, 6.07) is 10.0. The van der Waals surface area contributed by atoms with Crippen molar-refractivity contribution in [2.75, 3.05) is 13.1 Å². The van der Waals surface area contributed by atoms with E-state index in [0.29, 0.717) is 36.9 Å². The maximum atomic E-state index is 12.8. The molecular formula is C18H19N5O3. The highest BCUT2D eigenvalue weighted by atomic mass is 16.5. The zero-order valence-electron chi connectivity index (χ0n) is 14.4. The quantitative estimate of drug-likeness (QED) is 0.898. The molecule has 4 rings (SSSR count). The Bertz CT molecular complexity index is 861. The molecule has 2 aliphatic heterocycles. The van der Waals surface area contributed by atoms with Crippen molar-refractivity contribution >= 4 is 17.5 Å². The van der Waals surface area contributed by atoms with Crippen molar-refractivity contribution in [3.63, 3.8) is 0 Å². The lowest BCUT2D eigenvalue weighted by molar-refractivity contribution is -0.123. The van der Waals surface area contributed by atoms with Crippen LogP contribution in [-0.4, -0.2) is 45.7 Å². The summed E-state index contributed by atoms with van der Waals surface area (Å²) in [7, 11) is 0. The number of hydrogen-bond acceptors (Lipinski definition) is 6. The average Bonchev–Trinajstić information content (AvgIpc) is 3.29. The normalized spacial score (nSPS) is 22.9. The van der Waals surface area contributed by atoms with Gasteiger partial charge < -0.3 is 9.42 Å². The second-order valence-corrected chi connectivity index (χ2v) is 6.61. The Morgan fingerprint density at radius 1 is 1.19 bits per heavy atom. The monoisotopic (exact) mass is 353 g/mol. The molecule has 1 fully saturated rings. The highest BCUT2D eigenvalue weighted by Gasteiger charge is 2.41. The predicted octanol–water partition coefficient (Wildman–Crippen LogP) is 1.35. The number of amides is 2. The molecular weight excluding hydrogens is 334 g/mol. The first kappa shape index (κ1) is 16.4. The first-order valence-corrected chi connectivity index (χ1v) is 8.61. The van der Waals surface area contributed by atoms with E-state index in [2.05, 4.69) is 20.7 Å². The third-order valence-electron chi connectivity index (χ3n) is 4.85. The fourth-order valence-corrected chi connectivity index (χ4v) is 3.53. The molecule has 26 heavy (non-hydrogen) atoms. The molecule has 8 nitrogen and oxygen atoms in total. The predicted molar refractivity (Wildman–Crippen MR) is 92.4 cm³/mol. The zero-order valence-corrected chi connectivity index (χ0v) is 14.4. The van der Waals surface area contributed by atoms with Crippen LogP contribution < -0.4 is 5.43 Å². The maximum absolute atomic E-state index is 12.8. The van der Waals surface area contributed by atoms with E-state index in [1.165, 1.54) is 0 Å². The smallest absolute Gasteiger partial charge is 0.270 e. The second kappa shape index (κ2) is 6.70. The van der Waals surface area contributed by atoms with E-state index >= 15 is 0 Å². The van der Waals surface area contributed by atoms with Crippen molar-refractivity contribution in [1.82, 2.24) is 20.5 Å². The summed E-state index contributed by atoms with van der Waals surface area (Å²) in [6.07, 6.45) is 0.647. The highest BCUT2D eigenvalue weighted by molar-refractivity contribution is 6.39. The van der Waals surface area contributed by atoms with Gasteiger partial charge in [-0.3, -0.25) is 9.59 Å². The van der Waals surface area contributed by atoms with Gasteiger partial charge in [0.25, 0.3) is 5.91 Å². The van der Waals surface area contributed by atoms with Crippen molar-refractivity contribution in [1.29, 1.82) is 0 Å². The molecule has 0 saturated carbocycles. The Hall–Kier alpha value is -3.03. The van der Waals surface area contributed by atoms with E-state index in [1.807, 2.05) is 30.3 Å². The van der Waals surface area contributed by atoms with Crippen LogP contribution in [0.15, 0.2) is 40.0 Å². The Balaban J connectivity index is 1.61. The lowest BCUT2D eigenvalue weighted by Gasteiger charge is -2.19. The van der Waals surface area contributed by atoms with Crippen LogP contribution in [0.4, 0.5) is 0 Å². The fourth-order valence-electron chi connectivity index (χ4n) is 3.53. The minimum atomic E-state index is -0.163. The first-order valence-electron chi connectivity index (χ1n) is 8.61. The minimum absolute atomic E-state index is 0.0682. The molecule has 3 heterocycles. The lowest BCUT2D eigenvalue weighted by atomic mass is 9.89. The SMILES string of the molecule is Cc1noc(C2CN(C(=O)C3=NNC(=O)CC3)CC2c2ccccc2)n1. The summed E-state index contributed by atoms with van der Waals surface area (Å²) in [5, 5.41) is 7.83. The summed E-state index contributed by atoms with van der Waals surface area (Å²) in [5.74, 6) is 0.815. The number of nitrogens with one attached hydrogen (secondary N) is 1. The number of hydrogen-bond donors (Lipinski definition) is 1. The number of benzene rings is 1. The van der Waals surface area contributed by atoms with E-state index in [1.54, 1.807) is 11.8 Å². The van der Waals surface area contributed by atoms with Crippen molar-refractivity contribution in [3.05, 3.63) is 47.6 Å². The maximum Gasteiger partial charge on any atom is 0.270 e. The van der Waals surface area contributed by atoms with Gasteiger partial charge in [0, 0.05) is 31.8 Å². The van der Waals surface area contributed by atoms with Gasteiger partial charge in [0.2, 0.25) is 11.8 Å². The summed E-state index contributed by atoms with van der Waals surface area (Å²) in [6.45, 7) is 2.80. The molecule has 2 aliphatic rings. The standard InChI is InChI=1S/C18H19N5O3/c1-11-19-17(26-22-11)14-10-23(9-13(14)12-5-3-2-4-6-12)18(25)15-7-8-16(24)21-20-15/h2-6,13-14H,7-10H2,1H3,(H,21,24). The molecule has 2 unspecified atom stereocenters. The van der Waals surface area contributed by atoms with Crippen LogP contribution in [0.2, 0.25) is 0 Å². The summed E-state index contributed by atoms with van der Waals surface area (Å²) in [4.78, 5) is 30.2. The third-order valence-corrected chi connectivity index (χ3v) is 4.85. The van der Waals surface area contributed by atoms with Gasteiger partial charge in [-0.2, -0.15) is 10.1 Å². The molecule has 0 radical (unpaired) electrons. The molecule has 1 saturated heterocycles. The molecule has 2 amide bonds. The van der Waals surface area contributed by atoms with Gasteiger partial charge in [-0.25, -0.2) is 5.43 Å². The van der Waals surface area contributed by atoms with E-state index in [-0.39, 0.29) is 30.1 Å². The number of aromatic nitrogens is 2. The summed E-state index contributed by atoms with van der Waals surface area (Å²) < 4.78 is 5.40. The molecule has 0 spiro atoms. The van der Waals surface area contributed by atoms with Crippen molar-refractivity contribution in [2.45, 2.75) is 31.6 Å². The molecule has 1 N–H and O–H groups in total. The number of carbonyl (C=O) groups is 2. The topological polar surface area (TPSA) is 101 Å². The Kier molecular flexibility index (Phi) is 4.24. The average molecular weight is 353 g/mol. The Morgan fingerprint density at radius 2 is 1.96 bits per heavy atom. The van der Waals surface area contributed by atoms with Crippen LogP contribution in [0.5, 0.6) is 0 Å². The molecule has 0 bridgehead atoms.